The van der Waals surface area contributed by atoms with Gasteiger partial charge in [0.2, 0.25) is 0 Å². The molecule has 1 unspecified atom stereocenters. The molecule has 1 atom stereocenters. The fraction of sp³-hybridized carbons (Fsp3) is 0.200. The molecule has 0 saturated heterocycles. The lowest BCUT2D eigenvalue weighted by Gasteiger charge is -2.14. The first kappa shape index (κ1) is 20.2. The Hall–Kier alpha value is -3.04. The topological polar surface area (TPSA) is 107 Å². The Kier molecular flexibility index (Phi) is 5.17. The zero-order valence-electron chi connectivity index (χ0n) is 16.1. The van der Waals surface area contributed by atoms with Crippen molar-refractivity contribution in [1.82, 2.24) is 9.78 Å². The number of aromatic nitrogens is 2. The number of aryl methyl sites for hydroxylation is 1. The number of fused-ring (bicyclic) bond motifs is 1. The third kappa shape index (κ3) is 3.50. The van der Waals surface area contributed by atoms with Crippen LogP contribution >= 0.6 is 11.6 Å². The Bertz CT molecular complexity index is 1240. The van der Waals surface area contributed by atoms with E-state index in [9.17, 15) is 19.1 Å². The number of hydrogen-bond acceptors (Lipinski definition) is 5. The van der Waals surface area contributed by atoms with Crippen LogP contribution in [0.25, 0.3) is 5.69 Å². The summed E-state index contributed by atoms with van der Waals surface area (Å²) < 4.78 is 13.7. The zero-order chi connectivity index (χ0) is 21.6. The van der Waals surface area contributed by atoms with Crippen molar-refractivity contribution in [3.63, 3.8) is 0 Å². The van der Waals surface area contributed by atoms with Crippen LogP contribution in [-0.2, 0) is 22.3 Å². The summed E-state index contributed by atoms with van der Waals surface area (Å²) in [5, 5.41) is 18.5. The number of carbonyl (C=O) groups is 1. The van der Waals surface area contributed by atoms with E-state index in [2.05, 4.69) is 10.4 Å². The standard InChI is InChI=1S/C20H17ClN4O4S/c1-11-4-3-5-17(12(11)2)24-19(14-9-30(29)10-16(14)23-24)22-20(26)13-6-7-15(21)18(8-13)25(27)28/h3-8H,9-10H2,1-2H3,(H,22,26). The number of amides is 1. The van der Waals surface area contributed by atoms with Gasteiger partial charge in [-0.15, -0.1) is 0 Å². The van der Waals surface area contributed by atoms with E-state index in [1.165, 1.54) is 12.1 Å². The molecule has 0 spiro atoms. The lowest BCUT2D eigenvalue weighted by atomic mass is 10.1. The summed E-state index contributed by atoms with van der Waals surface area (Å²) in [6.07, 6.45) is 0. The van der Waals surface area contributed by atoms with Crippen molar-refractivity contribution in [2.45, 2.75) is 25.4 Å². The number of nitrogens with one attached hydrogen (secondary N) is 1. The summed E-state index contributed by atoms with van der Waals surface area (Å²) in [5.41, 5.74) is 3.99. The van der Waals surface area contributed by atoms with Crippen LogP contribution in [0.15, 0.2) is 36.4 Å². The molecule has 10 heteroatoms. The summed E-state index contributed by atoms with van der Waals surface area (Å²) >= 11 is 5.85. The number of hydrogen-bond donors (Lipinski definition) is 1. The van der Waals surface area contributed by atoms with Gasteiger partial charge in [-0.25, -0.2) is 4.68 Å². The average Bonchev–Trinajstić information content (AvgIpc) is 3.21. The Labute approximate surface area is 179 Å². The molecule has 0 saturated carbocycles. The molecular formula is C20H17ClN4O4S. The third-order valence-corrected chi connectivity index (χ3v) is 6.64. The largest absolute Gasteiger partial charge is 0.306 e. The van der Waals surface area contributed by atoms with Gasteiger partial charge in [-0.1, -0.05) is 23.7 Å². The zero-order valence-corrected chi connectivity index (χ0v) is 17.7. The average molecular weight is 445 g/mol. The summed E-state index contributed by atoms with van der Waals surface area (Å²) in [6.45, 7) is 3.94. The van der Waals surface area contributed by atoms with Crippen LogP contribution in [0.2, 0.25) is 5.02 Å². The minimum absolute atomic E-state index is 0.0479. The minimum atomic E-state index is -1.08. The first-order chi connectivity index (χ1) is 14.3. The summed E-state index contributed by atoms with van der Waals surface area (Å²) in [6, 6.07) is 9.64. The lowest BCUT2D eigenvalue weighted by molar-refractivity contribution is -0.384. The van der Waals surface area contributed by atoms with Crippen LogP contribution in [0.4, 0.5) is 11.5 Å². The summed E-state index contributed by atoms with van der Waals surface area (Å²) in [4.78, 5) is 23.4. The van der Waals surface area contributed by atoms with E-state index in [-0.39, 0.29) is 22.0 Å². The van der Waals surface area contributed by atoms with E-state index >= 15 is 0 Å². The number of nitrogens with zero attached hydrogens (tertiary/aromatic N) is 3. The van der Waals surface area contributed by atoms with Gasteiger partial charge in [0.05, 0.1) is 27.8 Å². The number of nitro groups is 1. The van der Waals surface area contributed by atoms with Crippen molar-refractivity contribution in [2.75, 3.05) is 5.32 Å². The minimum Gasteiger partial charge on any atom is -0.306 e. The van der Waals surface area contributed by atoms with Gasteiger partial charge in [0.25, 0.3) is 11.6 Å². The molecule has 0 radical (unpaired) electrons. The molecule has 8 nitrogen and oxygen atoms in total. The smallest absolute Gasteiger partial charge is 0.288 e. The van der Waals surface area contributed by atoms with Crippen molar-refractivity contribution in [2.24, 2.45) is 0 Å². The molecule has 154 valence electrons. The highest BCUT2D eigenvalue weighted by molar-refractivity contribution is 7.83. The van der Waals surface area contributed by atoms with Gasteiger partial charge >= 0.3 is 0 Å². The van der Waals surface area contributed by atoms with Crippen molar-refractivity contribution in [1.29, 1.82) is 0 Å². The molecule has 1 aliphatic rings. The van der Waals surface area contributed by atoms with Crippen molar-refractivity contribution < 1.29 is 13.9 Å². The second-order valence-electron chi connectivity index (χ2n) is 7.01. The SMILES string of the molecule is Cc1cccc(-n2nc3c(c2NC(=O)c2ccc(Cl)c([N+](=O)[O-])c2)CS(=O)C3)c1C. The molecule has 1 aromatic heterocycles. The van der Waals surface area contributed by atoms with E-state index in [1.807, 2.05) is 32.0 Å². The van der Waals surface area contributed by atoms with Crippen LogP contribution in [0, 0.1) is 24.0 Å². The van der Waals surface area contributed by atoms with Gasteiger partial charge in [0.15, 0.2) is 0 Å². The van der Waals surface area contributed by atoms with E-state index in [0.717, 1.165) is 22.9 Å². The lowest BCUT2D eigenvalue weighted by Crippen LogP contribution is -2.17. The van der Waals surface area contributed by atoms with Gasteiger partial charge in [-0.05, 0) is 43.2 Å². The van der Waals surface area contributed by atoms with Crippen molar-refractivity contribution in [3.05, 3.63) is 79.5 Å². The molecular weight excluding hydrogens is 428 g/mol. The maximum Gasteiger partial charge on any atom is 0.288 e. The quantitative estimate of drug-likeness (QED) is 0.482. The van der Waals surface area contributed by atoms with E-state index in [0.29, 0.717) is 22.8 Å². The highest BCUT2D eigenvalue weighted by atomic mass is 35.5. The first-order valence-corrected chi connectivity index (χ1v) is 10.9. The molecule has 1 aliphatic heterocycles. The Balaban J connectivity index is 1.78. The summed E-state index contributed by atoms with van der Waals surface area (Å²) in [5.74, 6) is 0.493. The van der Waals surface area contributed by atoms with Gasteiger partial charge in [0, 0.05) is 28.0 Å². The summed E-state index contributed by atoms with van der Waals surface area (Å²) in [7, 11) is -1.08. The highest BCUT2D eigenvalue weighted by Crippen LogP contribution is 2.33. The monoisotopic (exact) mass is 444 g/mol. The predicted octanol–water partition coefficient (Wildman–Crippen LogP) is 4.07. The van der Waals surface area contributed by atoms with Crippen molar-refractivity contribution >= 4 is 39.8 Å². The Morgan fingerprint density at radius 2 is 2.03 bits per heavy atom. The molecule has 0 bridgehead atoms. The van der Waals surface area contributed by atoms with E-state index < -0.39 is 21.6 Å². The predicted molar refractivity (Wildman–Crippen MR) is 115 cm³/mol. The Morgan fingerprint density at radius 3 is 2.77 bits per heavy atom. The molecule has 3 aromatic rings. The van der Waals surface area contributed by atoms with Gasteiger partial charge < -0.3 is 5.32 Å². The molecule has 0 fully saturated rings. The first-order valence-electron chi connectivity index (χ1n) is 9.04. The molecule has 1 N–H and O–H groups in total. The fourth-order valence-electron chi connectivity index (χ4n) is 3.37. The number of carbonyl (C=O) groups excluding carboxylic acids is 1. The van der Waals surface area contributed by atoms with Crippen LogP contribution < -0.4 is 5.32 Å². The van der Waals surface area contributed by atoms with Crippen LogP contribution in [0.5, 0.6) is 0 Å². The maximum atomic E-state index is 12.9. The number of benzene rings is 2. The number of rotatable bonds is 4. The van der Waals surface area contributed by atoms with Crippen molar-refractivity contribution in [3.8, 4) is 5.69 Å². The molecule has 0 aliphatic carbocycles. The molecule has 1 amide bonds. The molecule has 2 aromatic carbocycles. The fourth-order valence-corrected chi connectivity index (χ4v) is 4.82. The van der Waals surface area contributed by atoms with Crippen LogP contribution in [0.3, 0.4) is 0 Å². The number of halogens is 1. The van der Waals surface area contributed by atoms with Gasteiger partial charge in [0.1, 0.15) is 10.8 Å². The van der Waals surface area contributed by atoms with Crippen LogP contribution in [-0.4, -0.2) is 24.8 Å². The molecule has 4 rings (SSSR count). The maximum absolute atomic E-state index is 12.9. The Morgan fingerprint density at radius 1 is 1.27 bits per heavy atom. The third-order valence-electron chi connectivity index (χ3n) is 5.11. The van der Waals surface area contributed by atoms with Gasteiger partial charge in [-0.2, -0.15) is 5.10 Å². The normalized spacial score (nSPS) is 15.1. The number of nitro benzene ring substituents is 1. The second kappa shape index (κ2) is 7.66. The van der Waals surface area contributed by atoms with E-state index in [1.54, 1.807) is 4.68 Å². The second-order valence-corrected chi connectivity index (χ2v) is 8.87. The molecule has 2 heterocycles. The molecule has 30 heavy (non-hydrogen) atoms. The highest BCUT2D eigenvalue weighted by Gasteiger charge is 2.29. The van der Waals surface area contributed by atoms with Crippen LogP contribution in [0.1, 0.15) is 32.7 Å². The van der Waals surface area contributed by atoms with Gasteiger partial charge in [-0.3, -0.25) is 19.1 Å². The number of anilines is 1. The van der Waals surface area contributed by atoms with E-state index in [4.69, 9.17) is 11.6 Å².